The van der Waals surface area contributed by atoms with E-state index in [0.29, 0.717) is 16.9 Å². The van der Waals surface area contributed by atoms with Crippen molar-refractivity contribution in [1.29, 1.82) is 5.26 Å². The van der Waals surface area contributed by atoms with E-state index in [0.717, 1.165) is 11.1 Å². The van der Waals surface area contributed by atoms with Gasteiger partial charge in [0.05, 0.1) is 11.5 Å². The number of amides is 3. The molecular formula is C29H33FN6O3. The van der Waals surface area contributed by atoms with Crippen LogP contribution in [0.1, 0.15) is 49.8 Å². The first-order valence-electron chi connectivity index (χ1n) is 12.8. The molecule has 2 aliphatic heterocycles. The van der Waals surface area contributed by atoms with Crippen LogP contribution in [-0.4, -0.2) is 68.8 Å². The lowest BCUT2D eigenvalue weighted by Gasteiger charge is -2.34. The first-order chi connectivity index (χ1) is 18.3. The minimum atomic E-state index is -1.80. The molecule has 1 unspecified atom stereocenters. The van der Waals surface area contributed by atoms with Crippen molar-refractivity contribution in [2.24, 2.45) is 5.41 Å². The second kappa shape index (κ2) is 10.1. The Morgan fingerprint density at radius 3 is 2.77 bits per heavy atom. The number of likely N-dealkylation sites (tertiary alicyclic amines) is 1. The average Bonchev–Trinajstić information content (AvgIpc) is 3.54. The van der Waals surface area contributed by atoms with Crippen LogP contribution in [0.2, 0.25) is 0 Å². The maximum absolute atomic E-state index is 15.0. The van der Waals surface area contributed by atoms with Crippen molar-refractivity contribution in [3.05, 3.63) is 65.7 Å². The fourth-order valence-corrected chi connectivity index (χ4v) is 5.50. The van der Waals surface area contributed by atoms with E-state index in [2.05, 4.69) is 27.9 Å². The molecule has 4 rings (SSSR count). The van der Waals surface area contributed by atoms with Crippen molar-refractivity contribution in [3.63, 3.8) is 0 Å². The lowest BCUT2D eigenvalue weighted by molar-refractivity contribution is -0.137. The van der Waals surface area contributed by atoms with Gasteiger partial charge in [0.25, 0.3) is 5.91 Å². The molecule has 1 fully saturated rings. The summed E-state index contributed by atoms with van der Waals surface area (Å²) in [4.78, 5) is 50.7. The van der Waals surface area contributed by atoms with E-state index in [1.807, 2.05) is 26.0 Å². The largest absolute Gasteiger partial charge is 0.335 e. The molecule has 1 saturated heterocycles. The van der Waals surface area contributed by atoms with Gasteiger partial charge < -0.3 is 20.1 Å². The summed E-state index contributed by atoms with van der Waals surface area (Å²) in [5.41, 5.74) is -0.281. The van der Waals surface area contributed by atoms with Crippen LogP contribution in [0.4, 0.5) is 4.39 Å². The standard InChI is InChI=1S/C29H33FN6O3/c1-7-9-21-20(8-2)29(27(39)34-21)13-19(15-31)36(16-29)26(38)23(14-28(4,5)30)35(6)25(37)22-12-18-11-10-17(3)32-24(18)33-22/h7-12,19,23H,2,13-14,16H2,1,3-6H3,(H,32,33)(H,34,39)/b9-7-/t19-,23?,29-/m0/s1. The number of aromatic nitrogens is 2. The van der Waals surface area contributed by atoms with Gasteiger partial charge in [0.2, 0.25) is 11.8 Å². The molecule has 0 radical (unpaired) electrons. The number of fused-ring (bicyclic) bond motifs is 1. The molecule has 0 bridgehead atoms. The third-order valence-electron chi connectivity index (χ3n) is 7.42. The third-order valence-corrected chi connectivity index (χ3v) is 7.42. The van der Waals surface area contributed by atoms with Crippen LogP contribution < -0.4 is 5.32 Å². The van der Waals surface area contributed by atoms with Crippen LogP contribution in [0.15, 0.2) is 54.3 Å². The summed E-state index contributed by atoms with van der Waals surface area (Å²) in [6.07, 6.45) is 4.86. The van der Waals surface area contributed by atoms with Crippen LogP contribution in [0.3, 0.4) is 0 Å². The van der Waals surface area contributed by atoms with Crippen LogP contribution in [-0.2, 0) is 9.59 Å². The van der Waals surface area contributed by atoms with Gasteiger partial charge in [0.1, 0.15) is 29.1 Å². The molecule has 204 valence electrons. The van der Waals surface area contributed by atoms with Gasteiger partial charge in [0.15, 0.2) is 0 Å². The zero-order valence-corrected chi connectivity index (χ0v) is 22.8. The Kier molecular flexibility index (Phi) is 7.21. The second-order valence-corrected chi connectivity index (χ2v) is 10.8. The number of halogens is 1. The van der Waals surface area contributed by atoms with E-state index in [1.165, 1.54) is 30.7 Å². The highest BCUT2D eigenvalue weighted by atomic mass is 19.1. The number of aryl methyl sites for hydroxylation is 1. The van der Waals surface area contributed by atoms with E-state index >= 15 is 4.39 Å². The van der Waals surface area contributed by atoms with Crippen molar-refractivity contribution in [3.8, 4) is 6.07 Å². The molecule has 3 amide bonds. The normalized spacial score (nSPS) is 22.0. The van der Waals surface area contributed by atoms with Crippen LogP contribution in [0.25, 0.3) is 11.0 Å². The second-order valence-electron chi connectivity index (χ2n) is 10.8. The summed E-state index contributed by atoms with van der Waals surface area (Å²) < 4.78 is 15.0. The Balaban J connectivity index is 1.69. The molecule has 0 saturated carbocycles. The number of pyridine rings is 1. The number of carbonyl (C=O) groups excluding carboxylic acids is 3. The van der Waals surface area contributed by atoms with Gasteiger partial charge in [-0.15, -0.1) is 0 Å². The zero-order valence-electron chi connectivity index (χ0n) is 22.8. The van der Waals surface area contributed by atoms with Gasteiger partial charge in [-0.05, 0) is 57.5 Å². The first-order valence-corrected chi connectivity index (χ1v) is 12.8. The Morgan fingerprint density at radius 2 is 2.15 bits per heavy atom. The molecule has 9 nitrogen and oxygen atoms in total. The predicted molar refractivity (Wildman–Crippen MR) is 145 cm³/mol. The number of hydrogen-bond donors (Lipinski definition) is 2. The maximum Gasteiger partial charge on any atom is 0.270 e. The summed E-state index contributed by atoms with van der Waals surface area (Å²) in [6.45, 7) is 10.1. The van der Waals surface area contributed by atoms with E-state index in [1.54, 1.807) is 24.3 Å². The highest BCUT2D eigenvalue weighted by molar-refractivity contribution is 6.00. The topological polar surface area (TPSA) is 122 Å². The number of likely N-dealkylation sites (N-methyl/N-ethyl adjacent to an activating group) is 1. The van der Waals surface area contributed by atoms with Crippen molar-refractivity contribution in [2.75, 3.05) is 13.6 Å². The number of H-pyrrole nitrogens is 1. The Morgan fingerprint density at radius 1 is 1.44 bits per heavy atom. The van der Waals surface area contributed by atoms with Gasteiger partial charge in [-0.1, -0.05) is 18.7 Å². The minimum absolute atomic E-state index is 0.0694. The molecule has 3 atom stereocenters. The molecule has 0 aliphatic carbocycles. The van der Waals surface area contributed by atoms with E-state index in [-0.39, 0.29) is 31.0 Å². The fraction of sp³-hybridized carbons (Fsp3) is 0.414. The number of alkyl halides is 1. The zero-order chi connectivity index (χ0) is 28.7. The number of carbonyl (C=O) groups is 3. The summed E-state index contributed by atoms with van der Waals surface area (Å²) in [5.74, 6) is -1.44. The highest BCUT2D eigenvalue weighted by Gasteiger charge is 2.57. The lowest BCUT2D eigenvalue weighted by Crippen LogP contribution is -2.53. The molecule has 4 heterocycles. The van der Waals surface area contributed by atoms with Crippen LogP contribution >= 0.6 is 0 Å². The van der Waals surface area contributed by atoms with Crippen LogP contribution in [0.5, 0.6) is 0 Å². The summed E-state index contributed by atoms with van der Waals surface area (Å²) in [5, 5.41) is 13.6. The molecule has 39 heavy (non-hydrogen) atoms. The summed E-state index contributed by atoms with van der Waals surface area (Å²) >= 11 is 0. The summed E-state index contributed by atoms with van der Waals surface area (Å²) in [7, 11) is 1.44. The number of nitriles is 1. The molecule has 10 heteroatoms. The number of nitrogens with one attached hydrogen (secondary N) is 2. The molecule has 2 aromatic heterocycles. The van der Waals surface area contributed by atoms with Gasteiger partial charge in [0, 0.05) is 43.2 Å². The monoisotopic (exact) mass is 532 g/mol. The molecule has 1 spiro atoms. The van der Waals surface area contributed by atoms with Crippen molar-refractivity contribution in [1.82, 2.24) is 25.1 Å². The smallest absolute Gasteiger partial charge is 0.270 e. The maximum atomic E-state index is 15.0. The summed E-state index contributed by atoms with van der Waals surface area (Å²) in [6, 6.07) is 5.26. The third kappa shape index (κ3) is 4.97. The molecule has 2 N–H and O–H groups in total. The van der Waals surface area contributed by atoms with Gasteiger partial charge >= 0.3 is 0 Å². The van der Waals surface area contributed by atoms with E-state index in [9.17, 15) is 19.6 Å². The number of rotatable bonds is 7. The van der Waals surface area contributed by atoms with E-state index < -0.39 is 35.0 Å². The molecule has 0 aromatic carbocycles. The van der Waals surface area contributed by atoms with Crippen molar-refractivity contribution < 1.29 is 18.8 Å². The minimum Gasteiger partial charge on any atom is -0.335 e. The Hall–Kier alpha value is -4.26. The van der Waals surface area contributed by atoms with Gasteiger partial charge in [-0.25, -0.2) is 9.37 Å². The van der Waals surface area contributed by atoms with Crippen molar-refractivity contribution in [2.45, 2.75) is 58.3 Å². The quantitative estimate of drug-likeness (QED) is 0.563. The number of aromatic amines is 1. The number of hydrogen-bond acceptors (Lipinski definition) is 5. The highest BCUT2D eigenvalue weighted by Crippen LogP contribution is 2.46. The first kappa shape index (κ1) is 27.8. The Labute approximate surface area is 227 Å². The van der Waals surface area contributed by atoms with Gasteiger partial charge in [-0.2, -0.15) is 5.26 Å². The van der Waals surface area contributed by atoms with Crippen molar-refractivity contribution >= 4 is 28.8 Å². The van der Waals surface area contributed by atoms with Gasteiger partial charge in [-0.3, -0.25) is 14.4 Å². The fourth-order valence-electron chi connectivity index (χ4n) is 5.50. The number of allylic oxidation sites excluding steroid dienone is 3. The lowest BCUT2D eigenvalue weighted by atomic mass is 9.78. The average molecular weight is 533 g/mol. The van der Waals surface area contributed by atoms with E-state index in [4.69, 9.17) is 0 Å². The molecule has 2 aliphatic rings. The Bertz CT molecular complexity index is 1460. The predicted octanol–water partition coefficient (Wildman–Crippen LogP) is 3.71. The number of nitrogens with zero attached hydrogens (tertiary/aromatic N) is 4. The molecular weight excluding hydrogens is 499 g/mol. The van der Waals surface area contributed by atoms with Crippen LogP contribution in [0, 0.1) is 23.7 Å². The molecule has 2 aromatic rings. The SMILES string of the molecule is C=CC1=C(/C=C\C)NC(=O)[C@]12C[C@@H](C#N)N(C(=O)C(CC(C)(C)F)N(C)C(=O)c1cc3ccc(C)nc3[nH]1)C2.